The first kappa shape index (κ1) is 16.7. The molecule has 0 radical (unpaired) electrons. The summed E-state index contributed by atoms with van der Waals surface area (Å²) in [5.41, 5.74) is 5.04. The molecule has 1 rings (SSSR count). The van der Waals surface area contributed by atoms with Crippen molar-refractivity contribution in [3.63, 3.8) is 0 Å². The minimum atomic E-state index is -3.54. The Morgan fingerprint density at radius 2 is 1.75 bits per heavy atom. The van der Waals surface area contributed by atoms with Crippen LogP contribution in [0, 0.1) is 0 Å². The number of aliphatic hydroxyl groups is 1. The van der Waals surface area contributed by atoms with E-state index >= 15 is 0 Å². The number of hydrogen-bond donors (Lipinski definition) is 4. The van der Waals surface area contributed by atoms with Crippen LogP contribution >= 0.6 is 0 Å². The largest absolute Gasteiger partial charge is 0.397 e. The molecule has 1 aromatic carbocycles. The van der Waals surface area contributed by atoms with Gasteiger partial charge in [-0.3, -0.25) is 0 Å². The summed E-state index contributed by atoms with van der Waals surface area (Å²) >= 11 is 0. The molecule has 0 heterocycles. The third-order valence-electron chi connectivity index (χ3n) is 3.58. The van der Waals surface area contributed by atoms with Crippen LogP contribution in [0.2, 0.25) is 0 Å². The minimum absolute atomic E-state index is 0.114. The lowest BCUT2D eigenvalue weighted by Gasteiger charge is -2.39. The fourth-order valence-corrected chi connectivity index (χ4v) is 2.17. The van der Waals surface area contributed by atoms with Gasteiger partial charge >= 0.3 is 0 Å². The molecule has 6 nitrogen and oxygen atoms in total. The number of benzene rings is 1. The van der Waals surface area contributed by atoms with Crippen LogP contribution in [0.5, 0.6) is 0 Å². The maximum atomic E-state index is 11.8. The number of nitrogens with two attached hydrogens (primary N) is 1. The highest BCUT2D eigenvalue weighted by Crippen LogP contribution is 2.30. The highest BCUT2D eigenvalue weighted by molar-refractivity contribution is 7.89. The highest BCUT2D eigenvalue weighted by Gasteiger charge is 2.35. The summed E-state index contributed by atoms with van der Waals surface area (Å²) in [5.74, 6) is 0. The Hall–Kier alpha value is -1.31. The minimum Gasteiger partial charge on any atom is -0.397 e. The Bertz CT molecular complexity index is 589. The van der Waals surface area contributed by atoms with E-state index in [9.17, 15) is 13.5 Å². The second-order valence-electron chi connectivity index (χ2n) is 5.77. The Balaban J connectivity index is 3.24. The van der Waals surface area contributed by atoms with Gasteiger partial charge in [0.05, 0.1) is 27.4 Å². The number of nitrogens with one attached hydrogen (secondary N) is 2. The van der Waals surface area contributed by atoms with Gasteiger partial charge < -0.3 is 16.2 Å². The lowest BCUT2D eigenvalue weighted by atomic mass is 9.85. The molecule has 0 saturated heterocycles. The second kappa shape index (κ2) is 5.23. The van der Waals surface area contributed by atoms with Gasteiger partial charge in [-0.25, -0.2) is 13.1 Å². The van der Waals surface area contributed by atoms with E-state index in [1.54, 1.807) is 13.8 Å². The molecular weight excluding hydrogens is 278 g/mol. The monoisotopic (exact) mass is 301 g/mol. The van der Waals surface area contributed by atoms with E-state index in [4.69, 9.17) is 5.73 Å². The fraction of sp³-hybridized carbons (Fsp3) is 0.538. The summed E-state index contributed by atoms with van der Waals surface area (Å²) in [7, 11) is -2.19. The topological polar surface area (TPSA) is 104 Å². The Kier molecular flexibility index (Phi) is 4.38. The van der Waals surface area contributed by atoms with Crippen molar-refractivity contribution in [1.29, 1.82) is 0 Å². The van der Waals surface area contributed by atoms with Crippen molar-refractivity contribution in [2.24, 2.45) is 0 Å². The van der Waals surface area contributed by atoms with Crippen LogP contribution in [-0.4, -0.2) is 31.7 Å². The number of anilines is 2. The maximum Gasteiger partial charge on any atom is 0.240 e. The molecule has 5 N–H and O–H groups in total. The zero-order chi connectivity index (χ0) is 15.8. The third-order valence-corrected chi connectivity index (χ3v) is 4.99. The lowest BCUT2D eigenvalue weighted by Crippen LogP contribution is -2.51. The number of hydrogen-bond acceptors (Lipinski definition) is 5. The molecular formula is C13H23N3O3S. The lowest BCUT2D eigenvalue weighted by molar-refractivity contribution is 0.0241. The average Bonchev–Trinajstić information content (AvgIpc) is 2.30. The van der Waals surface area contributed by atoms with Gasteiger partial charge in [-0.05, 0) is 52.9 Å². The van der Waals surface area contributed by atoms with E-state index in [-0.39, 0.29) is 4.90 Å². The van der Waals surface area contributed by atoms with Crippen LogP contribution in [0.15, 0.2) is 23.1 Å². The van der Waals surface area contributed by atoms with Crippen molar-refractivity contribution >= 4 is 21.4 Å². The van der Waals surface area contributed by atoms with Crippen LogP contribution in [0.25, 0.3) is 0 Å². The molecule has 7 heteroatoms. The van der Waals surface area contributed by atoms with E-state index in [2.05, 4.69) is 10.0 Å². The average molecular weight is 301 g/mol. The summed E-state index contributed by atoms with van der Waals surface area (Å²) in [6, 6.07) is 4.41. The molecule has 0 bridgehead atoms. The molecule has 0 saturated carbocycles. The van der Waals surface area contributed by atoms with Crippen LogP contribution < -0.4 is 15.8 Å². The van der Waals surface area contributed by atoms with E-state index in [0.717, 1.165) is 0 Å². The molecule has 0 amide bonds. The van der Waals surface area contributed by atoms with Crippen LogP contribution in [0.4, 0.5) is 11.4 Å². The quantitative estimate of drug-likeness (QED) is 0.610. The summed E-state index contributed by atoms with van der Waals surface area (Å²) in [6.07, 6.45) is 0. The second-order valence-corrected chi connectivity index (χ2v) is 7.65. The molecule has 1 aromatic rings. The van der Waals surface area contributed by atoms with Gasteiger partial charge in [-0.2, -0.15) is 0 Å². The SMILES string of the molecule is CNS(=O)(=O)c1ccc(N)c(NC(C)(C)C(C)(C)O)c1. The van der Waals surface area contributed by atoms with Gasteiger partial charge in [-0.1, -0.05) is 0 Å². The van der Waals surface area contributed by atoms with Crippen molar-refractivity contribution in [3.8, 4) is 0 Å². The molecule has 114 valence electrons. The molecule has 20 heavy (non-hydrogen) atoms. The van der Waals surface area contributed by atoms with Gasteiger partial charge in [0.25, 0.3) is 0 Å². The number of sulfonamides is 1. The van der Waals surface area contributed by atoms with Crippen molar-refractivity contribution in [2.45, 2.75) is 43.7 Å². The predicted molar refractivity (Wildman–Crippen MR) is 81.1 cm³/mol. The van der Waals surface area contributed by atoms with Gasteiger partial charge in [-0.15, -0.1) is 0 Å². The van der Waals surface area contributed by atoms with Gasteiger partial charge in [0.15, 0.2) is 0 Å². The first-order valence-electron chi connectivity index (χ1n) is 6.24. The van der Waals surface area contributed by atoms with Crippen molar-refractivity contribution in [1.82, 2.24) is 4.72 Å². The predicted octanol–water partition coefficient (Wildman–Crippen LogP) is 1.14. The molecule has 0 aliphatic heterocycles. The van der Waals surface area contributed by atoms with Crippen LogP contribution in [-0.2, 0) is 10.0 Å². The molecule has 0 spiro atoms. The third kappa shape index (κ3) is 3.41. The standard InChI is InChI=1S/C13H23N3O3S/c1-12(2,13(3,4)17)16-11-8-9(6-7-10(11)14)20(18,19)15-5/h6-8,15-17H,14H2,1-5H3. The van der Waals surface area contributed by atoms with Crippen LogP contribution in [0.3, 0.4) is 0 Å². The normalized spacial score (nSPS) is 13.3. The Morgan fingerprint density at radius 1 is 1.20 bits per heavy atom. The molecule has 0 aliphatic rings. The van der Waals surface area contributed by atoms with Crippen molar-refractivity contribution in [2.75, 3.05) is 18.1 Å². The van der Waals surface area contributed by atoms with Gasteiger partial charge in [0.1, 0.15) is 0 Å². The van der Waals surface area contributed by atoms with Crippen molar-refractivity contribution in [3.05, 3.63) is 18.2 Å². The summed E-state index contributed by atoms with van der Waals surface area (Å²) in [5, 5.41) is 13.2. The zero-order valence-electron chi connectivity index (χ0n) is 12.5. The van der Waals surface area contributed by atoms with Gasteiger partial charge in [0.2, 0.25) is 10.0 Å². The summed E-state index contributed by atoms with van der Waals surface area (Å²) in [6.45, 7) is 6.96. The van der Waals surface area contributed by atoms with Crippen molar-refractivity contribution < 1.29 is 13.5 Å². The smallest absolute Gasteiger partial charge is 0.240 e. The summed E-state index contributed by atoms with van der Waals surface area (Å²) < 4.78 is 25.8. The van der Waals surface area contributed by atoms with Crippen LogP contribution in [0.1, 0.15) is 27.7 Å². The zero-order valence-corrected chi connectivity index (χ0v) is 13.3. The summed E-state index contributed by atoms with van der Waals surface area (Å²) in [4.78, 5) is 0.114. The van der Waals surface area contributed by atoms with E-state index < -0.39 is 21.2 Å². The van der Waals surface area contributed by atoms with E-state index in [1.165, 1.54) is 25.2 Å². The highest BCUT2D eigenvalue weighted by atomic mass is 32.2. The van der Waals surface area contributed by atoms with E-state index in [0.29, 0.717) is 11.4 Å². The molecule has 0 atom stereocenters. The number of nitrogen functional groups attached to an aromatic ring is 1. The maximum absolute atomic E-state index is 11.8. The Labute approximate surface area is 120 Å². The Morgan fingerprint density at radius 3 is 2.20 bits per heavy atom. The molecule has 0 aromatic heterocycles. The first-order chi connectivity index (χ1) is 8.90. The fourth-order valence-electron chi connectivity index (χ4n) is 1.42. The number of rotatable bonds is 5. The van der Waals surface area contributed by atoms with Gasteiger partial charge in [0, 0.05) is 0 Å². The molecule has 0 aliphatic carbocycles. The molecule has 0 unspecified atom stereocenters. The first-order valence-corrected chi connectivity index (χ1v) is 7.73. The van der Waals surface area contributed by atoms with E-state index in [1.807, 2.05) is 13.8 Å². The molecule has 0 fully saturated rings.